The quantitative estimate of drug-likeness (QED) is 0.904. The van der Waals surface area contributed by atoms with E-state index in [2.05, 4.69) is 19.2 Å². The molecule has 1 fully saturated rings. The number of hydrogen-bond donors (Lipinski definition) is 1. The highest BCUT2D eigenvalue weighted by molar-refractivity contribution is 7.85. The third-order valence-electron chi connectivity index (χ3n) is 3.45. The predicted octanol–water partition coefficient (Wildman–Crippen LogP) is 2.28. The molecule has 3 nitrogen and oxygen atoms in total. The van der Waals surface area contributed by atoms with Crippen LogP contribution in [0, 0.1) is 17.6 Å². The Bertz CT molecular complexity index is 489. The van der Waals surface area contributed by atoms with Gasteiger partial charge in [-0.1, -0.05) is 13.8 Å². The van der Waals surface area contributed by atoms with E-state index in [1.54, 1.807) is 4.90 Å². The van der Waals surface area contributed by atoms with Gasteiger partial charge in [0.1, 0.15) is 17.3 Å². The lowest BCUT2D eigenvalue weighted by Crippen LogP contribution is -2.38. The molecule has 1 aromatic carbocycles. The third kappa shape index (κ3) is 4.48. The Morgan fingerprint density at radius 1 is 1.24 bits per heavy atom. The average Bonchev–Trinajstić information content (AvgIpc) is 2.40. The molecule has 0 radical (unpaired) electrons. The Labute approximate surface area is 127 Å². The Morgan fingerprint density at radius 3 is 2.33 bits per heavy atom. The summed E-state index contributed by atoms with van der Waals surface area (Å²) in [5.41, 5.74) is 0.620. The number of rotatable bonds is 5. The molecule has 0 spiro atoms. The van der Waals surface area contributed by atoms with Crippen LogP contribution in [0.3, 0.4) is 0 Å². The van der Waals surface area contributed by atoms with Gasteiger partial charge >= 0.3 is 0 Å². The van der Waals surface area contributed by atoms with E-state index in [9.17, 15) is 13.0 Å². The van der Waals surface area contributed by atoms with Crippen LogP contribution in [0.15, 0.2) is 12.1 Å². The number of benzene rings is 1. The zero-order chi connectivity index (χ0) is 15.4. The van der Waals surface area contributed by atoms with E-state index in [0.717, 1.165) is 6.54 Å². The number of halogens is 2. The summed E-state index contributed by atoms with van der Waals surface area (Å²) in [6, 6.07) is 2.77. The number of nitrogens with zero attached hydrogens (tertiary/aromatic N) is 1. The van der Waals surface area contributed by atoms with Crippen molar-refractivity contribution in [1.29, 1.82) is 0 Å². The van der Waals surface area contributed by atoms with Crippen LogP contribution in [-0.2, 0) is 17.3 Å². The molecule has 0 amide bonds. The fraction of sp³-hybridized carbons (Fsp3) is 0.600. The van der Waals surface area contributed by atoms with E-state index in [-0.39, 0.29) is 5.69 Å². The first-order chi connectivity index (χ1) is 9.97. The smallest absolute Gasteiger partial charge is 0.149 e. The molecule has 0 unspecified atom stereocenters. The minimum atomic E-state index is -0.858. The second kappa shape index (κ2) is 7.31. The van der Waals surface area contributed by atoms with Crippen molar-refractivity contribution in [3.05, 3.63) is 29.3 Å². The van der Waals surface area contributed by atoms with Crippen molar-refractivity contribution in [1.82, 2.24) is 5.32 Å². The molecule has 21 heavy (non-hydrogen) atoms. The molecule has 6 heteroatoms. The Morgan fingerprint density at radius 2 is 1.81 bits per heavy atom. The monoisotopic (exact) mass is 316 g/mol. The van der Waals surface area contributed by atoms with Crippen molar-refractivity contribution in [3.8, 4) is 0 Å². The van der Waals surface area contributed by atoms with Gasteiger partial charge in [0.25, 0.3) is 0 Å². The summed E-state index contributed by atoms with van der Waals surface area (Å²) < 4.78 is 39.7. The Hall–Kier alpha value is -1.01. The first-order valence-corrected chi connectivity index (χ1v) is 8.74. The van der Waals surface area contributed by atoms with Crippen LogP contribution in [0.5, 0.6) is 0 Å². The van der Waals surface area contributed by atoms with Crippen molar-refractivity contribution in [2.45, 2.75) is 20.4 Å². The zero-order valence-corrected chi connectivity index (χ0v) is 13.3. The van der Waals surface area contributed by atoms with E-state index in [1.807, 2.05) is 0 Å². The number of nitrogens with one attached hydrogen (secondary N) is 1. The Balaban J connectivity index is 2.08. The maximum Gasteiger partial charge on any atom is 0.149 e. The molecule has 0 atom stereocenters. The van der Waals surface area contributed by atoms with Gasteiger partial charge in [0.2, 0.25) is 0 Å². The van der Waals surface area contributed by atoms with Gasteiger partial charge in [-0.05, 0) is 30.2 Å². The fourth-order valence-electron chi connectivity index (χ4n) is 2.39. The second-order valence-electron chi connectivity index (χ2n) is 5.77. The molecule has 1 aliphatic heterocycles. The summed E-state index contributed by atoms with van der Waals surface area (Å²) in [7, 11) is -0.858. The highest BCUT2D eigenvalue weighted by Gasteiger charge is 2.22. The molecule has 1 aromatic rings. The molecule has 1 heterocycles. The SMILES string of the molecule is CC(C)CNCc1cc(F)c(N2CCS(=O)CC2)c(F)c1. The maximum atomic E-state index is 14.2. The van der Waals surface area contributed by atoms with Crippen LogP contribution in [0.2, 0.25) is 0 Å². The molecule has 1 N–H and O–H groups in total. The van der Waals surface area contributed by atoms with Gasteiger partial charge in [0.05, 0.1) is 0 Å². The number of hydrogen-bond acceptors (Lipinski definition) is 3. The van der Waals surface area contributed by atoms with Crippen LogP contribution in [-0.4, -0.2) is 35.3 Å². The molecular weight excluding hydrogens is 294 g/mol. The highest BCUT2D eigenvalue weighted by Crippen LogP contribution is 2.26. The van der Waals surface area contributed by atoms with Gasteiger partial charge in [0.15, 0.2) is 0 Å². The first kappa shape index (κ1) is 16.4. The first-order valence-electron chi connectivity index (χ1n) is 7.26. The lowest BCUT2D eigenvalue weighted by atomic mass is 10.1. The van der Waals surface area contributed by atoms with E-state index in [1.165, 1.54) is 12.1 Å². The summed E-state index contributed by atoms with van der Waals surface area (Å²) in [5.74, 6) is 0.355. The highest BCUT2D eigenvalue weighted by atomic mass is 32.2. The van der Waals surface area contributed by atoms with Crippen molar-refractivity contribution in [2.24, 2.45) is 5.92 Å². The van der Waals surface area contributed by atoms with Gasteiger partial charge in [-0.25, -0.2) is 8.78 Å². The van der Waals surface area contributed by atoms with E-state index < -0.39 is 22.4 Å². The van der Waals surface area contributed by atoms with Gasteiger partial charge in [-0.15, -0.1) is 0 Å². The fourth-order valence-corrected chi connectivity index (χ4v) is 3.44. The largest absolute Gasteiger partial charge is 0.365 e. The maximum absolute atomic E-state index is 14.2. The summed E-state index contributed by atoms with van der Waals surface area (Å²) in [6.45, 7) is 6.30. The predicted molar refractivity (Wildman–Crippen MR) is 83.0 cm³/mol. The summed E-state index contributed by atoms with van der Waals surface area (Å²) in [4.78, 5) is 1.65. The van der Waals surface area contributed by atoms with E-state index >= 15 is 0 Å². The molecule has 118 valence electrons. The topological polar surface area (TPSA) is 32.3 Å². The van der Waals surface area contributed by atoms with Gasteiger partial charge in [0, 0.05) is 41.9 Å². The molecule has 0 bridgehead atoms. The van der Waals surface area contributed by atoms with Gasteiger partial charge < -0.3 is 10.2 Å². The molecule has 1 aliphatic rings. The van der Waals surface area contributed by atoms with Crippen LogP contribution in [0.1, 0.15) is 19.4 Å². The van der Waals surface area contributed by atoms with Crippen molar-refractivity contribution >= 4 is 16.5 Å². The van der Waals surface area contributed by atoms with Crippen molar-refractivity contribution in [3.63, 3.8) is 0 Å². The molecule has 0 aromatic heterocycles. The molecule has 1 saturated heterocycles. The van der Waals surface area contributed by atoms with E-state index in [4.69, 9.17) is 0 Å². The zero-order valence-electron chi connectivity index (χ0n) is 12.5. The lowest BCUT2D eigenvalue weighted by Gasteiger charge is -2.29. The van der Waals surface area contributed by atoms with Gasteiger partial charge in [-0.2, -0.15) is 0 Å². The van der Waals surface area contributed by atoms with Gasteiger partial charge in [-0.3, -0.25) is 4.21 Å². The molecular formula is C15H22F2N2OS. The second-order valence-corrected chi connectivity index (χ2v) is 7.46. The van der Waals surface area contributed by atoms with Crippen LogP contribution >= 0.6 is 0 Å². The average molecular weight is 316 g/mol. The van der Waals surface area contributed by atoms with E-state index in [0.29, 0.717) is 42.6 Å². The summed E-state index contributed by atoms with van der Waals surface area (Å²) in [5, 5.41) is 3.17. The van der Waals surface area contributed by atoms with Crippen molar-refractivity contribution in [2.75, 3.05) is 36.0 Å². The minimum absolute atomic E-state index is 0.0132. The molecule has 0 aliphatic carbocycles. The summed E-state index contributed by atoms with van der Waals surface area (Å²) in [6.07, 6.45) is 0. The Kier molecular flexibility index (Phi) is 5.70. The lowest BCUT2D eigenvalue weighted by molar-refractivity contribution is 0.541. The third-order valence-corrected chi connectivity index (χ3v) is 4.73. The van der Waals surface area contributed by atoms with Crippen LogP contribution < -0.4 is 10.2 Å². The molecule has 0 saturated carbocycles. The normalized spacial score (nSPS) is 16.7. The minimum Gasteiger partial charge on any atom is -0.365 e. The summed E-state index contributed by atoms with van der Waals surface area (Å²) >= 11 is 0. The van der Waals surface area contributed by atoms with Crippen LogP contribution in [0.25, 0.3) is 0 Å². The van der Waals surface area contributed by atoms with Crippen molar-refractivity contribution < 1.29 is 13.0 Å². The van der Waals surface area contributed by atoms with Crippen LogP contribution in [0.4, 0.5) is 14.5 Å². The molecule has 2 rings (SSSR count). The number of anilines is 1. The standard InChI is InChI=1S/C15H22F2N2OS/c1-11(2)9-18-10-12-7-13(16)15(14(17)8-12)19-3-5-21(20)6-4-19/h7-8,11,18H,3-6,9-10H2,1-2H3.